The van der Waals surface area contributed by atoms with Gasteiger partial charge in [-0.05, 0) is 42.5 Å². The Kier molecular flexibility index (Phi) is 5.66. The van der Waals surface area contributed by atoms with Crippen molar-refractivity contribution in [2.75, 3.05) is 26.3 Å². The predicted molar refractivity (Wildman–Crippen MR) is 106 cm³/mol. The average Bonchev–Trinajstić information content (AvgIpc) is 3.31. The van der Waals surface area contributed by atoms with Gasteiger partial charge in [-0.1, -0.05) is 6.07 Å². The number of nitrogens with one attached hydrogen (secondary N) is 2. The minimum Gasteiger partial charge on any atom is -0.486 e. The second-order valence-corrected chi connectivity index (χ2v) is 7.79. The molecule has 3 amide bonds. The van der Waals surface area contributed by atoms with Gasteiger partial charge in [-0.3, -0.25) is 25.2 Å². The molecule has 1 saturated heterocycles. The van der Waals surface area contributed by atoms with Gasteiger partial charge in [-0.2, -0.15) is 0 Å². The minimum atomic E-state index is -0.430. The lowest BCUT2D eigenvalue weighted by Crippen LogP contribution is -2.48. The summed E-state index contributed by atoms with van der Waals surface area (Å²) in [7, 11) is 0. The first kappa shape index (κ1) is 19.3. The van der Waals surface area contributed by atoms with Crippen LogP contribution < -0.4 is 20.3 Å². The molecule has 2 aliphatic heterocycles. The molecule has 0 bridgehead atoms. The molecule has 0 unspecified atom stereocenters. The minimum absolute atomic E-state index is 0.00534. The molecular weight excluding hydrogens is 394 g/mol. The zero-order chi connectivity index (χ0) is 20.2. The number of amides is 3. The Morgan fingerprint density at radius 1 is 1.00 bits per heavy atom. The molecular formula is C20H21N3O5S. The Labute approximate surface area is 171 Å². The lowest BCUT2D eigenvalue weighted by molar-refractivity contribution is -0.127. The summed E-state index contributed by atoms with van der Waals surface area (Å²) in [5.74, 6) is 0.187. The first-order valence-corrected chi connectivity index (χ1v) is 10.3. The molecule has 4 rings (SSSR count). The van der Waals surface area contributed by atoms with E-state index >= 15 is 0 Å². The number of likely N-dealkylation sites (tertiary alicyclic amines) is 1. The second-order valence-electron chi connectivity index (χ2n) is 6.85. The largest absolute Gasteiger partial charge is 0.486 e. The quantitative estimate of drug-likeness (QED) is 0.746. The number of hydrazine groups is 1. The van der Waals surface area contributed by atoms with Crippen LogP contribution in [0, 0.1) is 5.92 Å². The normalized spacial score (nSPS) is 16.2. The van der Waals surface area contributed by atoms with Gasteiger partial charge in [0.1, 0.15) is 13.2 Å². The van der Waals surface area contributed by atoms with Crippen LogP contribution in [0.15, 0.2) is 35.7 Å². The van der Waals surface area contributed by atoms with E-state index in [1.54, 1.807) is 29.2 Å². The Morgan fingerprint density at radius 3 is 2.48 bits per heavy atom. The number of hydrogen-bond acceptors (Lipinski definition) is 6. The summed E-state index contributed by atoms with van der Waals surface area (Å²) in [5.41, 5.74) is 5.30. The van der Waals surface area contributed by atoms with Crippen molar-refractivity contribution in [1.29, 1.82) is 0 Å². The lowest BCUT2D eigenvalue weighted by atomic mass is 9.96. The third-order valence-corrected chi connectivity index (χ3v) is 5.85. The summed E-state index contributed by atoms with van der Waals surface area (Å²) in [4.78, 5) is 39.6. The van der Waals surface area contributed by atoms with E-state index in [-0.39, 0.29) is 17.7 Å². The number of thiophene rings is 1. The number of ether oxygens (including phenoxy) is 2. The van der Waals surface area contributed by atoms with Gasteiger partial charge in [0.15, 0.2) is 11.5 Å². The fourth-order valence-corrected chi connectivity index (χ4v) is 4.07. The molecule has 3 heterocycles. The predicted octanol–water partition coefficient (Wildman–Crippen LogP) is 1.83. The van der Waals surface area contributed by atoms with E-state index in [2.05, 4.69) is 10.9 Å². The van der Waals surface area contributed by atoms with Crippen molar-refractivity contribution in [3.8, 4) is 11.5 Å². The van der Waals surface area contributed by atoms with Crippen molar-refractivity contribution < 1.29 is 23.9 Å². The van der Waals surface area contributed by atoms with Gasteiger partial charge in [0.25, 0.3) is 11.8 Å². The van der Waals surface area contributed by atoms with Crippen molar-refractivity contribution in [3.63, 3.8) is 0 Å². The van der Waals surface area contributed by atoms with Crippen LogP contribution in [0.2, 0.25) is 0 Å². The highest BCUT2D eigenvalue weighted by Gasteiger charge is 2.28. The van der Waals surface area contributed by atoms with E-state index in [0.717, 1.165) is 0 Å². The molecule has 1 aromatic heterocycles. The van der Waals surface area contributed by atoms with Gasteiger partial charge in [0.05, 0.1) is 4.88 Å². The summed E-state index contributed by atoms with van der Waals surface area (Å²) in [6.07, 6.45) is 1.12. The molecule has 8 nitrogen and oxygen atoms in total. The Morgan fingerprint density at radius 2 is 1.76 bits per heavy atom. The third-order valence-electron chi connectivity index (χ3n) is 4.99. The summed E-state index contributed by atoms with van der Waals surface area (Å²) in [6, 6.07) is 8.53. The molecule has 1 aromatic carbocycles. The highest BCUT2D eigenvalue weighted by Crippen LogP contribution is 2.30. The molecule has 152 valence electrons. The molecule has 0 radical (unpaired) electrons. The summed E-state index contributed by atoms with van der Waals surface area (Å²) in [5, 5.41) is 1.87. The van der Waals surface area contributed by atoms with E-state index < -0.39 is 5.91 Å². The molecule has 0 atom stereocenters. The van der Waals surface area contributed by atoms with Gasteiger partial charge < -0.3 is 14.4 Å². The molecule has 2 aliphatic rings. The zero-order valence-electron chi connectivity index (χ0n) is 15.7. The van der Waals surface area contributed by atoms with Gasteiger partial charge in [-0.25, -0.2) is 0 Å². The number of hydrogen-bond donors (Lipinski definition) is 2. The number of carbonyl (C=O) groups excluding carboxylic acids is 3. The molecule has 1 fully saturated rings. The summed E-state index contributed by atoms with van der Waals surface area (Å²) >= 11 is 1.41. The van der Waals surface area contributed by atoms with E-state index in [0.29, 0.717) is 61.1 Å². The maximum atomic E-state index is 12.4. The van der Waals surface area contributed by atoms with Gasteiger partial charge in [0, 0.05) is 24.6 Å². The van der Waals surface area contributed by atoms with Crippen molar-refractivity contribution in [1.82, 2.24) is 15.8 Å². The topological polar surface area (TPSA) is 97.0 Å². The highest BCUT2D eigenvalue weighted by molar-refractivity contribution is 7.12. The van der Waals surface area contributed by atoms with E-state index in [1.165, 1.54) is 11.3 Å². The number of carbonyl (C=O) groups is 3. The van der Waals surface area contributed by atoms with Gasteiger partial charge in [0.2, 0.25) is 5.91 Å². The number of fused-ring (bicyclic) bond motifs is 1. The van der Waals surface area contributed by atoms with Crippen molar-refractivity contribution in [3.05, 3.63) is 46.2 Å². The Bertz CT molecular complexity index is 907. The number of rotatable bonds is 3. The molecule has 9 heteroatoms. The standard InChI is InChI=1S/C20H21N3O5S/c24-18(13-5-7-23(8-6-13)20(26)17-2-1-11-29-17)21-22-19(25)14-3-4-15-16(12-14)28-10-9-27-15/h1-4,11-13H,5-10H2,(H,21,24)(H,22,25). The number of piperidine rings is 1. The smallest absolute Gasteiger partial charge is 0.269 e. The molecule has 0 saturated carbocycles. The molecule has 0 aliphatic carbocycles. The molecule has 0 spiro atoms. The van der Waals surface area contributed by atoms with Crippen LogP contribution in [-0.4, -0.2) is 48.9 Å². The summed E-state index contributed by atoms with van der Waals surface area (Å²) in [6.45, 7) is 1.95. The highest BCUT2D eigenvalue weighted by atomic mass is 32.1. The van der Waals surface area contributed by atoms with E-state index in [4.69, 9.17) is 9.47 Å². The monoisotopic (exact) mass is 415 g/mol. The van der Waals surface area contributed by atoms with E-state index in [9.17, 15) is 14.4 Å². The van der Waals surface area contributed by atoms with Crippen molar-refractivity contribution >= 4 is 29.1 Å². The Balaban J connectivity index is 1.26. The first-order chi connectivity index (χ1) is 14.1. The van der Waals surface area contributed by atoms with Crippen LogP contribution in [0.3, 0.4) is 0 Å². The van der Waals surface area contributed by atoms with Crippen molar-refractivity contribution in [2.45, 2.75) is 12.8 Å². The second kappa shape index (κ2) is 8.52. The average molecular weight is 415 g/mol. The van der Waals surface area contributed by atoms with Crippen LogP contribution in [-0.2, 0) is 4.79 Å². The Hall–Kier alpha value is -3.07. The maximum Gasteiger partial charge on any atom is 0.269 e. The SMILES string of the molecule is O=C(NNC(=O)C1CCN(C(=O)c2cccs2)CC1)c1ccc2c(c1)OCCO2. The maximum absolute atomic E-state index is 12.4. The number of benzene rings is 1. The molecule has 29 heavy (non-hydrogen) atoms. The van der Waals surface area contributed by atoms with Gasteiger partial charge >= 0.3 is 0 Å². The number of nitrogens with zero attached hydrogens (tertiary/aromatic N) is 1. The van der Waals surface area contributed by atoms with Gasteiger partial charge in [-0.15, -0.1) is 11.3 Å². The first-order valence-electron chi connectivity index (χ1n) is 9.44. The third kappa shape index (κ3) is 4.34. The van der Waals surface area contributed by atoms with E-state index in [1.807, 2.05) is 11.4 Å². The van der Waals surface area contributed by atoms with Crippen LogP contribution in [0.1, 0.15) is 32.9 Å². The van der Waals surface area contributed by atoms with Crippen LogP contribution in [0.25, 0.3) is 0 Å². The fraction of sp³-hybridized carbons (Fsp3) is 0.350. The molecule has 2 aromatic rings. The van der Waals surface area contributed by atoms with Crippen LogP contribution in [0.4, 0.5) is 0 Å². The zero-order valence-corrected chi connectivity index (χ0v) is 16.5. The lowest BCUT2D eigenvalue weighted by Gasteiger charge is -2.31. The van der Waals surface area contributed by atoms with Crippen LogP contribution in [0.5, 0.6) is 11.5 Å². The van der Waals surface area contributed by atoms with Crippen LogP contribution >= 0.6 is 11.3 Å². The molecule has 2 N–H and O–H groups in total. The fourth-order valence-electron chi connectivity index (χ4n) is 3.38. The summed E-state index contributed by atoms with van der Waals surface area (Å²) < 4.78 is 10.9. The van der Waals surface area contributed by atoms with Crippen molar-refractivity contribution in [2.24, 2.45) is 5.92 Å².